The topological polar surface area (TPSA) is 106 Å². The summed E-state index contributed by atoms with van der Waals surface area (Å²) in [7, 11) is 0. The highest BCUT2D eigenvalue weighted by Crippen LogP contribution is 2.41. The van der Waals surface area contributed by atoms with Crippen molar-refractivity contribution in [2.24, 2.45) is 0 Å². The van der Waals surface area contributed by atoms with Gasteiger partial charge >= 0.3 is 0 Å². The number of amides is 2. The Morgan fingerprint density at radius 2 is 1.76 bits per heavy atom. The Kier molecular flexibility index (Phi) is 6.88. The lowest BCUT2D eigenvalue weighted by atomic mass is 10.1. The van der Waals surface area contributed by atoms with Gasteiger partial charge in [-0.15, -0.1) is 10.2 Å². The smallest absolute Gasteiger partial charge is 0.225 e. The van der Waals surface area contributed by atoms with Crippen LogP contribution in [0.3, 0.4) is 0 Å². The van der Waals surface area contributed by atoms with Crippen LogP contribution in [-0.4, -0.2) is 38.1 Å². The van der Waals surface area contributed by atoms with E-state index in [4.69, 9.17) is 0 Å². The Balaban J connectivity index is 1.42. The van der Waals surface area contributed by atoms with Crippen molar-refractivity contribution < 1.29 is 14.4 Å². The zero-order valence-electron chi connectivity index (χ0n) is 18.5. The highest BCUT2D eigenvalue weighted by molar-refractivity contribution is 7.99. The van der Waals surface area contributed by atoms with E-state index < -0.39 is 0 Å². The first-order chi connectivity index (χ1) is 15.9. The average Bonchev–Trinajstić information content (AvgIpc) is 3.53. The fourth-order valence-corrected chi connectivity index (χ4v) is 4.29. The van der Waals surface area contributed by atoms with E-state index in [9.17, 15) is 14.4 Å². The number of carbonyl (C=O) groups excluding carboxylic acids is 3. The minimum atomic E-state index is -0.130. The Labute approximate surface area is 196 Å². The molecule has 0 unspecified atom stereocenters. The second kappa shape index (κ2) is 9.99. The molecule has 0 radical (unpaired) electrons. The van der Waals surface area contributed by atoms with Crippen LogP contribution in [0.15, 0.2) is 53.7 Å². The molecule has 0 atom stereocenters. The predicted molar refractivity (Wildman–Crippen MR) is 128 cm³/mol. The number of nitrogens with one attached hydrogen (secondary N) is 2. The summed E-state index contributed by atoms with van der Waals surface area (Å²) in [4.78, 5) is 35.2. The molecule has 2 N–H and O–H groups in total. The number of thioether (sulfide) groups is 1. The molecule has 3 aromatic rings. The maximum absolute atomic E-state index is 12.4. The summed E-state index contributed by atoms with van der Waals surface area (Å²) in [5, 5.41) is 15.2. The van der Waals surface area contributed by atoms with Crippen molar-refractivity contribution in [2.75, 3.05) is 16.4 Å². The summed E-state index contributed by atoms with van der Waals surface area (Å²) < 4.78 is 2.02. The Morgan fingerprint density at radius 3 is 2.42 bits per heavy atom. The highest BCUT2D eigenvalue weighted by atomic mass is 32.2. The van der Waals surface area contributed by atoms with E-state index in [0.717, 1.165) is 29.5 Å². The maximum Gasteiger partial charge on any atom is 0.225 e. The Morgan fingerprint density at radius 1 is 1.00 bits per heavy atom. The van der Waals surface area contributed by atoms with Crippen molar-refractivity contribution in [1.29, 1.82) is 0 Å². The molecular formula is C24H25N5O3S. The third-order valence-corrected chi connectivity index (χ3v) is 6.09. The zero-order chi connectivity index (χ0) is 23.4. The monoisotopic (exact) mass is 463 g/mol. The molecular weight excluding hydrogens is 438 g/mol. The maximum atomic E-state index is 12.4. The van der Waals surface area contributed by atoms with Crippen LogP contribution in [0.5, 0.6) is 0 Å². The predicted octanol–water partition coefficient (Wildman–Crippen LogP) is 4.43. The van der Waals surface area contributed by atoms with Crippen molar-refractivity contribution in [3.05, 3.63) is 59.9 Å². The Bertz CT molecular complexity index is 1190. The molecule has 1 saturated carbocycles. The standard InChI is InChI=1S/C24H25N5O3S/c1-15(30)17-8-10-19(11-9-17)26-22(32)12-13-33-24-28-27-23(18-6-7-18)29(24)21-5-3-4-20(14-21)25-16(2)31/h3-5,8-11,14,18H,6-7,12-13H2,1-2H3,(H,25,31)(H,26,32). The summed E-state index contributed by atoms with van der Waals surface area (Å²) >= 11 is 1.47. The number of aromatic nitrogens is 3. The van der Waals surface area contributed by atoms with Gasteiger partial charge in [-0.2, -0.15) is 0 Å². The first-order valence-corrected chi connectivity index (χ1v) is 11.8. The number of hydrogen-bond donors (Lipinski definition) is 2. The second-order valence-corrected chi connectivity index (χ2v) is 9.02. The minimum absolute atomic E-state index is 0.0124. The number of carbonyl (C=O) groups is 3. The van der Waals surface area contributed by atoms with E-state index in [2.05, 4.69) is 20.8 Å². The lowest BCUT2D eigenvalue weighted by Crippen LogP contribution is -2.12. The summed E-state index contributed by atoms with van der Waals surface area (Å²) in [5.41, 5.74) is 2.85. The van der Waals surface area contributed by atoms with Gasteiger partial charge in [-0.05, 0) is 62.2 Å². The van der Waals surface area contributed by atoms with Gasteiger partial charge in [0.1, 0.15) is 5.82 Å². The third-order valence-electron chi connectivity index (χ3n) is 5.16. The molecule has 0 bridgehead atoms. The SMILES string of the molecule is CC(=O)Nc1cccc(-n2c(SCCC(=O)Nc3ccc(C(C)=O)cc3)nnc2C2CC2)c1. The number of nitrogens with zero attached hydrogens (tertiary/aromatic N) is 3. The molecule has 0 aliphatic heterocycles. The lowest BCUT2D eigenvalue weighted by molar-refractivity contribution is -0.116. The van der Waals surface area contributed by atoms with Gasteiger partial charge in [0, 0.05) is 42.0 Å². The van der Waals surface area contributed by atoms with Gasteiger partial charge < -0.3 is 10.6 Å². The first-order valence-electron chi connectivity index (χ1n) is 10.8. The molecule has 1 fully saturated rings. The van der Waals surface area contributed by atoms with Gasteiger partial charge in [0.2, 0.25) is 11.8 Å². The van der Waals surface area contributed by atoms with Crippen molar-refractivity contribution >= 4 is 40.7 Å². The van der Waals surface area contributed by atoms with Gasteiger partial charge in [0.05, 0.1) is 5.69 Å². The number of rotatable bonds is 9. The number of hydrogen-bond acceptors (Lipinski definition) is 6. The molecule has 8 nitrogen and oxygen atoms in total. The quantitative estimate of drug-likeness (QED) is 0.359. The number of Topliss-reactive ketones (excluding diaryl/α,β-unsaturated/α-hetero) is 1. The third kappa shape index (κ3) is 5.87. The normalized spacial score (nSPS) is 12.9. The molecule has 2 aromatic carbocycles. The van der Waals surface area contributed by atoms with Gasteiger partial charge in [-0.1, -0.05) is 17.8 Å². The van der Waals surface area contributed by atoms with Gasteiger partial charge in [0.25, 0.3) is 0 Å². The molecule has 0 spiro atoms. The molecule has 1 aliphatic carbocycles. The minimum Gasteiger partial charge on any atom is -0.326 e. The number of benzene rings is 2. The fourth-order valence-electron chi connectivity index (χ4n) is 3.40. The lowest BCUT2D eigenvalue weighted by Gasteiger charge is -2.12. The van der Waals surface area contributed by atoms with Crippen LogP contribution in [0.2, 0.25) is 0 Å². The van der Waals surface area contributed by atoms with Crippen LogP contribution in [0.1, 0.15) is 55.2 Å². The Hall–Kier alpha value is -3.46. The van der Waals surface area contributed by atoms with Crippen molar-refractivity contribution in [1.82, 2.24) is 14.8 Å². The van der Waals surface area contributed by atoms with Crippen LogP contribution in [-0.2, 0) is 9.59 Å². The highest BCUT2D eigenvalue weighted by Gasteiger charge is 2.31. The molecule has 9 heteroatoms. The van der Waals surface area contributed by atoms with Crippen molar-refractivity contribution in [2.45, 2.75) is 44.2 Å². The molecule has 2 amide bonds. The van der Waals surface area contributed by atoms with Crippen molar-refractivity contribution in [3.8, 4) is 5.69 Å². The fraction of sp³-hybridized carbons (Fsp3) is 0.292. The number of anilines is 2. The molecule has 1 heterocycles. The van der Waals surface area contributed by atoms with Gasteiger partial charge in [-0.25, -0.2) is 0 Å². The first kappa shape index (κ1) is 22.7. The summed E-state index contributed by atoms with van der Waals surface area (Å²) in [6.45, 7) is 2.99. The largest absolute Gasteiger partial charge is 0.326 e. The van der Waals surface area contributed by atoms with Crippen LogP contribution in [0.4, 0.5) is 11.4 Å². The molecule has 33 heavy (non-hydrogen) atoms. The van der Waals surface area contributed by atoms with Gasteiger partial charge in [-0.3, -0.25) is 19.0 Å². The van der Waals surface area contributed by atoms with E-state index in [0.29, 0.717) is 35.0 Å². The van der Waals surface area contributed by atoms with Crippen LogP contribution in [0.25, 0.3) is 5.69 Å². The zero-order valence-corrected chi connectivity index (χ0v) is 19.3. The van der Waals surface area contributed by atoms with Crippen LogP contribution in [0, 0.1) is 0 Å². The van der Waals surface area contributed by atoms with Crippen molar-refractivity contribution in [3.63, 3.8) is 0 Å². The second-order valence-electron chi connectivity index (χ2n) is 7.96. The molecule has 4 rings (SSSR count). The van der Waals surface area contributed by atoms with Gasteiger partial charge in [0.15, 0.2) is 10.9 Å². The summed E-state index contributed by atoms with van der Waals surface area (Å²) in [6.07, 6.45) is 2.47. The van der Waals surface area contributed by atoms with Crippen LogP contribution >= 0.6 is 11.8 Å². The molecule has 1 aromatic heterocycles. The van der Waals surface area contributed by atoms with Crippen LogP contribution < -0.4 is 10.6 Å². The van der Waals surface area contributed by atoms with E-state index >= 15 is 0 Å². The van der Waals surface area contributed by atoms with E-state index in [1.165, 1.54) is 25.6 Å². The molecule has 170 valence electrons. The van der Waals surface area contributed by atoms with E-state index in [1.54, 1.807) is 24.3 Å². The number of ketones is 1. The molecule has 1 aliphatic rings. The summed E-state index contributed by atoms with van der Waals surface area (Å²) in [6, 6.07) is 14.4. The van der Waals surface area contributed by atoms with E-state index in [-0.39, 0.29) is 17.6 Å². The summed E-state index contributed by atoms with van der Waals surface area (Å²) in [5.74, 6) is 1.58. The van der Waals surface area contributed by atoms with E-state index in [1.807, 2.05) is 28.8 Å². The average molecular weight is 464 g/mol. The molecule has 0 saturated heterocycles.